The Morgan fingerprint density at radius 3 is 2.57 bits per heavy atom. The summed E-state index contributed by atoms with van der Waals surface area (Å²) in [6, 6.07) is 10.1. The number of hydrogen-bond acceptors (Lipinski definition) is 4. The number of rotatable bonds is 4. The molecule has 3 amide bonds. The number of aryl methyl sites for hydroxylation is 2. The van der Waals surface area contributed by atoms with Crippen LogP contribution in [0, 0.1) is 13.8 Å². The van der Waals surface area contributed by atoms with Crippen molar-refractivity contribution < 1.29 is 19.1 Å². The molecule has 2 aromatic carbocycles. The number of ether oxygens (including phenoxy) is 1. The van der Waals surface area contributed by atoms with Crippen molar-refractivity contribution in [3.05, 3.63) is 64.2 Å². The number of fused-ring (bicyclic) bond motifs is 1. The second-order valence-corrected chi connectivity index (χ2v) is 7.32. The molecule has 0 unspecified atom stereocenters. The fraction of sp³-hybridized carbons (Fsp3) is 0.318. The van der Waals surface area contributed by atoms with Crippen LogP contribution in [0.1, 0.15) is 55.0 Å². The maximum absolute atomic E-state index is 12.9. The summed E-state index contributed by atoms with van der Waals surface area (Å²) >= 11 is 0. The molecular weight excluding hydrogens is 356 g/mol. The summed E-state index contributed by atoms with van der Waals surface area (Å²) in [5, 5.41) is 2.84. The van der Waals surface area contributed by atoms with Crippen LogP contribution in [0.5, 0.6) is 0 Å². The monoisotopic (exact) mass is 378 g/mol. The molecule has 0 radical (unpaired) electrons. The molecular formula is C22H22N2O4. The molecule has 6 nitrogen and oxygen atoms in total. The van der Waals surface area contributed by atoms with Crippen LogP contribution in [0.15, 0.2) is 36.4 Å². The molecule has 1 atom stereocenters. The summed E-state index contributed by atoms with van der Waals surface area (Å²) in [5.41, 5.74) is 3.57. The Bertz CT molecular complexity index is 976. The Labute approximate surface area is 163 Å². The number of imide groups is 1. The average molecular weight is 378 g/mol. The van der Waals surface area contributed by atoms with Gasteiger partial charge in [-0.1, -0.05) is 6.07 Å². The predicted octanol–water partition coefficient (Wildman–Crippen LogP) is 3.01. The van der Waals surface area contributed by atoms with E-state index in [0.717, 1.165) is 30.6 Å². The average Bonchev–Trinajstić information content (AvgIpc) is 3.29. The molecule has 2 aliphatic rings. The number of carbonyl (C=O) groups excluding carboxylic acids is 3. The van der Waals surface area contributed by atoms with Gasteiger partial charge in [0.05, 0.1) is 22.9 Å². The molecule has 1 N–H and O–H groups in total. The van der Waals surface area contributed by atoms with Crippen LogP contribution >= 0.6 is 0 Å². The highest BCUT2D eigenvalue weighted by molar-refractivity contribution is 6.34. The molecule has 6 heteroatoms. The lowest BCUT2D eigenvalue weighted by Crippen LogP contribution is -2.31. The lowest BCUT2D eigenvalue weighted by molar-refractivity contribution is 0.0857. The third-order valence-electron chi connectivity index (χ3n) is 5.41. The summed E-state index contributed by atoms with van der Waals surface area (Å²) in [5.74, 6) is -1.05. The normalized spacial score (nSPS) is 18.5. The van der Waals surface area contributed by atoms with Gasteiger partial charge in [0.25, 0.3) is 17.7 Å². The number of anilines is 1. The van der Waals surface area contributed by atoms with Gasteiger partial charge in [-0.05, 0) is 68.1 Å². The molecule has 0 spiro atoms. The quantitative estimate of drug-likeness (QED) is 0.830. The van der Waals surface area contributed by atoms with Crippen molar-refractivity contribution in [2.45, 2.75) is 32.8 Å². The molecule has 0 saturated carbocycles. The van der Waals surface area contributed by atoms with E-state index < -0.39 is 5.91 Å². The molecule has 28 heavy (non-hydrogen) atoms. The van der Waals surface area contributed by atoms with Crippen molar-refractivity contribution in [1.29, 1.82) is 0 Å². The summed E-state index contributed by atoms with van der Waals surface area (Å²) in [4.78, 5) is 39.3. The third kappa shape index (κ3) is 3.20. The largest absolute Gasteiger partial charge is 0.376 e. The van der Waals surface area contributed by atoms with Gasteiger partial charge >= 0.3 is 0 Å². The number of hydrogen-bond donors (Lipinski definition) is 1. The smallest absolute Gasteiger partial charge is 0.266 e. The van der Waals surface area contributed by atoms with Gasteiger partial charge in [-0.2, -0.15) is 0 Å². The van der Waals surface area contributed by atoms with Crippen LogP contribution in [0.25, 0.3) is 0 Å². The number of benzene rings is 2. The lowest BCUT2D eigenvalue weighted by atomic mass is 10.1. The Hall–Kier alpha value is -2.99. The van der Waals surface area contributed by atoms with Crippen molar-refractivity contribution in [3.8, 4) is 0 Å². The molecule has 0 aromatic heterocycles. The molecule has 1 fully saturated rings. The van der Waals surface area contributed by atoms with Crippen molar-refractivity contribution in [2.24, 2.45) is 0 Å². The summed E-state index contributed by atoms with van der Waals surface area (Å²) in [6.07, 6.45) is 1.98. The predicted molar refractivity (Wildman–Crippen MR) is 105 cm³/mol. The zero-order valence-corrected chi connectivity index (χ0v) is 16.0. The maximum atomic E-state index is 12.9. The van der Waals surface area contributed by atoms with Crippen LogP contribution < -0.4 is 10.2 Å². The van der Waals surface area contributed by atoms with Crippen LogP contribution in [-0.2, 0) is 4.74 Å². The molecule has 0 bridgehead atoms. The summed E-state index contributed by atoms with van der Waals surface area (Å²) in [6.45, 7) is 5.08. The number of amides is 3. The van der Waals surface area contributed by atoms with Crippen LogP contribution in [-0.4, -0.2) is 37.0 Å². The van der Waals surface area contributed by atoms with Crippen molar-refractivity contribution in [1.82, 2.24) is 5.32 Å². The lowest BCUT2D eigenvalue weighted by Gasteiger charge is -2.15. The van der Waals surface area contributed by atoms with E-state index in [9.17, 15) is 14.4 Å². The second kappa shape index (κ2) is 7.20. The van der Waals surface area contributed by atoms with E-state index in [1.165, 1.54) is 11.0 Å². The molecule has 1 saturated heterocycles. The topological polar surface area (TPSA) is 75.7 Å². The van der Waals surface area contributed by atoms with Crippen LogP contribution in [0.2, 0.25) is 0 Å². The minimum absolute atomic E-state index is 0.0434. The van der Waals surface area contributed by atoms with E-state index >= 15 is 0 Å². The first kappa shape index (κ1) is 18.4. The highest BCUT2D eigenvalue weighted by Crippen LogP contribution is 2.30. The first-order valence-corrected chi connectivity index (χ1v) is 9.45. The fourth-order valence-electron chi connectivity index (χ4n) is 3.60. The van der Waals surface area contributed by atoms with Gasteiger partial charge in [0.1, 0.15) is 0 Å². The van der Waals surface area contributed by atoms with Crippen molar-refractivity contribution in [3.63, 3.8) is 0 Å². The SMILES string of the molecule is Cc1ccc(N2C(=O)c3ccc(C(=O)NC[C@H]4CCCO4)cc3C2=O)cc1C. The number of carbonyl (C=O) groups is 3. The number of nitrogens with zero attached hydrogens (tertiary/aromatic N) is 1. The van der Waals surface area contributed by atoms with E-state index in [1.54, 1.807) is 18.2 Å². The minimum Gasteiger partial charge on any atom is -0.376 e. The van der Waals surface area contributed by atoms with Gasteiger partial charge in [-0.3, -0.25) is 14.4 Å². The fourth-order valence-corrected chi connectivity index (χ4v) is 3.60. The Balaban J connectivity index is 1.56. The van der Waals surface area contributed by atoms with Gasteiger partial charge in [0, 0.05) is 18.7 Å². The molecule has 2 heterocycles. The molecule has 2 aliphatic heterocycles. The summed E-state index contributed by atoms with van der Waals surface area (Å²) < 4.78 is 5.51. The second-order valence-electron chi connectivity index (χ2n) is 7.32. The van der Waals surface area contributed by atoms with E-state index in [1.807, 2.05) is 26.0 Å². The Morgan fingerprint density at radius 2 is 1.86 bits per heavy atom. The van der Waals surface area contributed by atoms with Crippen molar-refractivity contribution in [2.75, 3.05) is 18.1 Å². The van der Waals surface area contributed by atoms with E-state index in [0.29, 0.717) is 23.4 Å². The standard InChI is InChI=1S/C22H22N2O4/c1-13-5-7-16(10-14(13)2)24-21(26)18-8-6-15(11-19(18)22(24)27)20(25)23-12-17-4-3-9-28-17/h5-8,10-11,17H,3-4,9,12H2,1-2H3,(H,23,25)/t17-/m1/s1. The Kier molecular flexibility index (Phi) is 4.73. The molecule has 4 rings (SSSR count). The van der Waals surface area contributed by atoms with E-state index in [2.05, 4.69) is 5.32 Å². The highest BCUT2D eigenvalue weighted by Gasteiger charge is 2.37. The van der Waals surface area contributed by atoms with Crippen LogP contribution in [0.4, 0.5) is 5.69 Å². The first-order chi connectivity index (χ1) is 13.5. The summed E-state index contributed by atoms with van der Waals surface area (Å²) in [7, 11) is 0. The van der Waals surface area contributed by atoms with Gasteiger partial charge < -0.3 is 10.1 Å². The molecule has 2 aromatic rings. The van der Waals surface area contributed by atoms with Crippen molar-refractivity contribution >= 4 is 23.4 Å². The molecule has 0 aliphatic carbocycles. The van der Waals surface area contributed by atoms with E-state index in [-0.39, 0.29) is 23.5 Å². The highest BCUT2D eigenvalue weighted by atomic mass is 16.5. The van der Waals surface area contributed by atoms with E-state index in [4.69, 9.17) is 4.74 Å². The van der Waals surface area contributed by atoms with Gasteiger partial charge in [-0.25, -0.2) is 4.90 Å². The Morgan fingerprint density at radius 1 is 1.07 bits per heavy atom. The molecule has 144 valence electrons. The van der Waals surface area contributed by atoms with Gasteiger partial charge in [0.15, 0.2) is 0 Å². The zero-order valence-electron chi connectivity index (χ0n) is 16.0. The van der Waals surface area contributed by atoms with Crippen LogP contribution in [0.3, 0.4) is 0 Å². The van der Waals surface area contributed by atoms with Gasteiger partial charge in [-0.15, -0.1) is 0 Å². The van der Waals surface area contributed by atoms with Gasteiger partial charge in [0.2, 0.25) is 0 Å². The number of nitrogens with one attached hydrogen (secondary N) is 1. The maximum Gasteiger partial charge on any atom is 0.266 e. The first-order valence-electron chi connectivity index (χ1n) is 9.45. The zero-order chi connectivity index (χ0) is 19.8. The third-order valence-corrected chi connectivity index (χ3v) is 5.41. The minimum atomic E-state index is -0.406.